The predicted molar refractivity (Wildman–Crippen MR) is 97.7 cm³/mol. The van der Waals surface area contributed by atoms with Gasteiger partial charge in [-0.15, -0.1) is 0 Å². The van der Waals surface area contributed by atoms with Crippen LogP contribution in [0.3, 0.4) is 0 Å². The Hall–Kier alpha value is -1.71. The van der Waals surface area contributed by atoms with Gasteiger partial charge in [0.2, 0.25) is 0 Å². The van der Waals surface area contributed by atoms with Crippen LogP contribution in [0.5, 0.6) is 0 Å². The molecule has 2 rings (SSSR count). The van der Waals surface area contributed by atoms with Crippen molar-refractivity contribution in [2.75, 3.05) is 24.5 Å². The standard InChI is InChI=1S/C18H20Cl2N2O/c1-2-22(15-7-4-3-5-8-15)12-6-11-21-18(23)16-10-9-14(19)13-17(16)20/h3-5,7-10,13H,2,6,11-12H2,1H3,(H,21,23). The summed E-state index contributed by atoms with van der Waals surface area (Å²) in [5.41, 5.74) is 1.65. The van der Waals surface area contributed by atoms with E-state index in [1.54, 1.807) is 18.2 Å². The Morgan fingerprint density at radius 1 is 1.13 bits per heavy atom. The molecule has 0 aliphatic rings. The van der Waals surface area contributed by atoms with Crippen molar-refractivity contribution in [3.05, 3.63) is 64.1 Å². The Kier molecular flexibility index (Phi) is 6.75. The molecular weight excluding hydrogens is 331 g/mol. The van der Waals surface area contributed by atoms with Gasteiger partial charge in [-0.1, -0.05) is 41.4 Å². The molecule has 0 radical (unpaired) electrons. The third-order valence-electron chi connectivity index (χ3n) is 3.57. The van der Waals surface area contributed by atoms with E-state index in [0.717, 1.165) is 19.5 Å². The fourth-order valence-corrected chi connectivity index (χ4v) is 2.84. The van der Waals surface area contributed by atoms with Crippen LogP contribution in [0, 0.1) is 0 Å². The molecule has 5 heteroatoms. The number of carbonyl (C=O) groups is 1. The molecule has 0 aliphatic heterocycles. The van der Waals surface area contributed by atoms with Gasteiger partial charge in [0.25, 0.3) is 5.91 Å². The number of anilines is 1. The Morgan fingerprint density at radius 3 is 2.52 bits per heavy atom. The Bertz CT molecular complexity index is 647. The molecule has 2 aromatic carbocycles. The van der Waals surface area contributed by atoms with E-state index < -0.39 is 0 Å². The molecule has 0 bridgehead atoms. The van der Waals surface area contributed by atoms with E-state index in [-0.39, 0.29) is 5.91 Å². The zero-order valence-electron chi connectivity index (χ0n) is 13.1. The van der Waals surface area contributed by atoms with Crippen LogP contribution in [-0.2, 0) is 0 Å². The van der Waals surface area contributed by atoms with E-state index in [2.05, 4.69) is 29.3 Å². The number of para-hydroxylation sites is 1. The first kappa shape index (κ1) is 17.6. The molecule has 2 aromatic rings. The highest BCUT2D eigenvalue weighted by molar-refractivity contribution is 6.36. The highest BCUT2D eigenvalue weighted by atomic mass is 35.5. The van der Waals surface area contributed by atoms with Crippen molar-refractivity contribution >= 4 is 34.8 Å². The second-order valence-electron chi connectivity index (χ2n) is 5.15. The van der Waals surface area contributed by atoms with Crippen molar-refractivity contribution in [3.63, 3.8) is 0 Å². The zero-order valence-corrected chi connectivity index (χ0v) is 14.6. The minimum Gasteiger partial charge on any atom is -0.372 e. The number of halogens is 2. The van der Waals surface area contributed by atoms with E-state index in [0.29, 0.717) is 22.2 Å². The number of nitrogens with zero attached hydrogens (tertiary/aromatic N) is 1. The fraction of sp³-hybridized carbons (Fsp3) is 0.278. The highest BCUT2D eigenvalue weighted by Crippen LogP contribution is 2.20. The van der Waals surface area contributed by atoms with Crippen molar-refractivity contribution in [1.82, 2.24) is 5.32 Å². The van der Waals surface area contributed by atoms with Gasteiger partial charge in [-0.2, -0.15) is 0 Å². The molecule has 0 atom stereocenters. The van der Waals surface area contributed by atoms with Crippen LogP contribution in [0.4, 0.5) is 5.69 Å². The number of nitrogens with one attached hydrogen (secondary N) is 1. The van der Waals surface area contributed by atoms with Gasteiger partial charge in [0.1, 0.15) is 0 Å². The van der Waals surface area contributed by atoms with Crippen LogP contribution < -0.4 is 10.2 Å². The quantitative estimate of drug-likeness (QED) is 0.737. The van der Waals surface area contributed by atoms with E-state index in [1.165, 1.54) is 5.69 Å². The SMILES string of the molecule is CCN(CCCNC(=O)c1ccc(Cl)cc1Cl)c1ccccc1. The lowest BCUT2D eigenvalue weighted by atomic mass is 10.2. The average molecular weight is 351 g/mol. The van der Waals surface area contributed by atoms with Crippen molar-refractivity contribution in [3.8, 4) is 0 Å². The molecule has 0 aromatic heterocycles. The summed E-state index contributed by atoms with van der Waals surface area (Å²) in [4.78, 5) is 14.4. The lowest BCUT2D eigenvalue weighted by Crippen LogP contribution is -2.30. The van der Waals surface area contributed by atoms with Gasteiger partial charge in [-0.05, 0) is 43.7 Å². The van der Waals surface area contributed by atoms with Crippen LogP contribution in [0.25, 0.3) is 0 Å². The minimum absolute atomic E-state index is 0.172. The van der Waals surface area contributed by atoms with Gasteiger partial charge in [-0.25, -0.2) is 0 Å². The number of amides is 1. The van der Waals surface area contributed by atoms with Crippen LogP contribution in [0.2, 0.25) is 10.0 Å². The maximum absolute atomic E-state index is 12.1. The second kappa shape index (κ2) is 8.80. The smallest absolute Gasteiger partial charge is 0.252 e. The van der Waals surface area contributed by atoms with Gasteiger partial charge >= 0.3 is 0 Å². The Labute approximate surface area is 147 Å². The summed E-state index contributed by atoms with van der Waals surface area (Å²) in [6, 6.07) is 15.1. The first-order chi connectivity index (χ1) is 11.1. The first-order valence-electron chi connectivity index (χ1n) is 7.65. The number of hydrogen-bond acceptors (Lipinski definition) is 2. The summed E-state index contributed by atoms with van der Waals surface area (Å²) in [6.07, 6.45) is 0.861. The fourth-order valence-electron chi connectivity index (χ4n) is 2.35. The van der Waals surface area contributed by atoms with Gasteiger partial charge in [-0.3, -0.25) is 4.79 Å². The third kappa shape index (κ3) is 5.15. The topological polar surface area (TPSA) is 32.3 Å². The molecule has 3 nitrogen and oxygen atoms in total. The third-order valence-corrected chi connectivity index (χ3v) is 4.12. The molecular formula is C18H20Cl2N2O. The normalized spacial score (nSPS) is 10.4. The Balaban J connectivity index is 1.81. The maximum Gasteiger partial charge on any atom is 0.252 e. The molecule has 23 heavy (non-hydrogen) atoms. The van der Waals surface area contributed by atoms with E-state index in [9.17, 15) is 4.79 Å². The summed E-state index contributed by atoms with van der Waals surface area (Å²) in [5, 5.41) is 3.79. The van der Waals surface area contributed by atoms with Crippen LogP contribution in [-0.4, -0.2) is 25.5 Å². The highest BCUT2D eigenvalue weighted by Gasteiger charge is 2.10. The first-order valence-corrected chi connectivity index (χ1v) is 8.40. The summed E-state index contributed by atoms with van der Waals surface area (Å²) < 4.78 is 0. The molecule has 0 heterocycles. The second-order valence-corrected chi connectivity index (χ2v) is 5.99. The summed E-state index contributed by atoms with van der Waals surface area (Å²) >= 11 is 11.9. The monoisotopic (exact) mass is 350 g/mol. The molecule has 0 aliphatic carbocycles. The number of carbonyl (C=O) groups excluding carboxylic acids is 1. The summed E-state index contributed by atoms with van der Waals surface area (Å²) in [7, 11) is 0. The van der Waals surface area contributed by atoms with Crippen molar-refractivity contribution in [1.29, 1.82) is 0 Å². The molecule has 0 spiro atoms. The van der Waals surface area contributed by atoms with Crippen molar-refractivity contribution in [2.45, 2.75) is 13.3 Å². The molecule has 0 saturated carbocycles. The van der Waals surface area contributed by atoms with E-state index in [1.807, 2.05) is 18.2 Å². The van der Waals surface area contributed by atoms with E-state index >= 15 is 0 Å². The van der Waals surface area contributed by atoms with Crippen LogP contribution in [0.1, 0.15) is 23.7 Å². The summed E-state index contributed by atoms with van der Waals surface area (Å²) in [5.74, 6) is -0.172. The van der Waals surface area contributed by atoms with Crippen molar-refractivity contribution < 1.29 is 4.79 Å². The van der Waals surface area contributed by atoms with Crippen LogP contribution in [0.15, 0.2) is 48.5 Å². The van der Waals surface area contributed by atoms with Gasteiger partial charge in [0.05, 0.1) is 10.6 Å². The molecule has 0 fully saturated rings. The largest absolute Gasteiger partial charge is 0.372 e. The molecule has 0 unspecified atom stereocenters. The predicted octanol–water partition coefficient (Wildman–Crippen LogP) is 4.64. The summed E-state index contributed by atoms with van der Waals surface area (Å²) in [6.45, 7) is 4.54. The van der Waals surface area contributed by atoms with E-state index in [4.69, 9.17) is 23.2 Å². The number of rotatable bonds is 7. The Morgan fingerprint density at radius 2 is 1.87 bits per heavy atom. The molecule has 1 N–H and O–H groups in total. The van der Waals surface area contributed by atoms with Gasteiger partial charge in [0, 0.05) is 30.3 Å². The lowest BCUT2D eigenvalue weighted by Gasteiger charge is -2.23. The lowest BCUT2D eigenvalue weighted by molar-refractivity contribution is 0.0953. The van der Waals surface area contributed by atoms with Gasteiger partial charge < -0.3 is 10.2 Å². The van der Waals surface area contributed by atoms with Crippen LogP contribution >= 0.6 is 23.2 Å². The number of hydrogen-bond donors (Lipinski definition) is 1. The molecule has 122 valence electrons. The minimum atomic E-state index is -0.172. The average Bonchev–Trinajstić information content (AvgIpc) is 2.55. The molecule has 1 amide bonds. The van der Waals surface area contributed by atoms with Crippen molar-refractivity contribution in [2.24, 2.45) is 0 Å². The number of benzene rings is 2. The maximum atomic E-state index is 12.1. The zero-order chi connectivity index (χ0) is 16.7. The molecule has 0 saturated heterocycles. The van der Waals surface area contributed by atoms with Gasteiger partial charge in [0.15, 0.2) is 0 Å².